The quantitative estimate of drug-likeness (QED) is 0.566. The first-order valence-electron chi connectivity index (χ1n) is 4.18. The van der Waals surface area contributed by atoms with Crippen LogP contribution >= 0.6 is 11.6 Å². The average molecular weight is 211 g/mol. The Balaban J connectivity index is 2.84. The molecule has 0 radical (unpaired) electrons. The molecule has 0 aliphatic carbocycles. The Kier molecular flexibility index (Phi) is 3.72. The normalized spacial score (nSPS) is 11.9. The van der Waals surface area contributed by atoms with E-state index in [9.17, 15) is 4.79 Å². The van der Waals surface area contributed by atoms with Gasteiger partial charge in [0.1, 0.15) is 6.10 Å². The highest BCUT2D eigenvalue weighted by Crippen LogP contribution is 2.20. The van der Waals surface area contributed by atoms with Gasteiger partial charge in [-0.3, -0.25) is 4.79 Å². The molecule has 0 unspecified atom stereocenters. The standard InChI is InChI=1S/C11H11ClO2/c1-3-11(14-8(2)13)9-4-6-10(12)7-5-9/h3-7,11H,1H2,2H3/t11-/m1/s1. The molecule has 74 valence electrons. The fourth-order valence-electron chi connectivity index (χ4n) is 1.08. The lowest BCUT2D eigenvalue weighted by atomic mass is 10.1. The molecule has 0 spiro atoms. The van der Waals surface area contributed by atoms with Crippen molar-refractivity contribution < 1.29 is 9.53 Å². The molecule has 0 aromatic heterocycles. The Labute approximate surface area is 88.1 Å². The predicted molar refractivity (Wildman–Crippen MR) is 56.2 cm³/mol. The van der Waals surface area contributed by atoms with E-state index < -0.39 is 6.10 Å². The van der Waals surface area contributed by atoms with Gasteiger partial charge in [-0.1, -0.05) is 30.3 Å². The molecule has 0 saturated carbocycles. The number of ether oxygens (including phenoxy) is 1. The third kappa shape index (κ3) is 2.89. The molecule has 0 fully saturated rings. The third-order valence-corrected chi connectivity index (χ3v) is 1.96. The van der Waals surface area contributed by atoms with Gasteiger partial charge < -0.3 is 4.74 Å². The third-order valence-electron chi connectivity index (χ3n) is 1.71. The first-order valence-corrected chi connectivity index (χ1v) is 4.56. The van der Waals surface area contributed by atoms with Crippen molar-refractivity contribution in [2.45, 2.75) is 13.0 Å². The van der Waals surface area contributed by atoms with Crippen LogP contribution < -0.4 is 0 Å². The molecule has 0 N–H and O–H groups in total. The van der Waals surface area contributed by atoms with Gasteiger partial charge in [-0.15, -0.1) is 0 Å². The number of esters is 1. The Morgan fingerprint density at radius 3 is 2.50 bits per heavy atom. The molecule has 1 aromatic carbocycles. The molecule has 0 amide bonds. The molecule has 3 heteroatoms. The summed E-state index contributed by atoms with van der Waals surface area (Å²) in [4.78, 5) is 10.8. The summed E-state index contributed by atoms with van der Waals surface area (Å²) in [5.41, 5.74) is 0.861. The number of rotatable bonds is 3. The van der Waals surface area contributed by atoms with Crippen molar-refractivity contribution in [1.29, 1.82) is 0 Å². The van der Waals surface area contributed by atoms with Crippen molar-refractivity contribution >= 4 is 17.6 Å². The van der Waals surface area contributed by atoms with E-state index in [1.807, 2.05) is 0 Å². The van der Waals surface area contributed by atoms with E-state index in [2.05, 4.69) is 6.58 Å². The minimum Gasteiger partial charge on any atom is -0.453 e. The van der Waals surface area contributed by atoms with Crippen LogP contribution in [0.2, 0.25) is 5.02 Å². The van der Waals surface area contributed by atoms with Gasteiger partial charge in [0.05, 0.1) is 0 Å². The van der Waals surface area contributed by atoms with Crippen molar-refractivity contribution in [3.63, 3.8) is 0 Å². The molecular formula is C11H11ClO2. The highest BCUT2D eigenvalue weighted by Gasteiger charge is 2.09. The number of carbonyl (C=O) groups excluding carboxylic acids is 1. The van der Waals surface area contributed by atoms with Crippen molar-refractivity contribution in [1.82, 2.24) is 0 Å². The lowest BCUT2D eigenvalue weighted by Gasteiger charge is -2.12. The van der Waals surface area contributed by atoms with Gasteiger partial charge in [-0.05, 0) is 23.8 Å². The van der Waals surface area contributed by atoms with Crippen molar-refractivity contribution in [2.75, 3.05) is 0 Å². The zero-order chi connectivity index (χ0) is 10.6. The molecule has 0 saturated heterocycles. The van der Waals surface area contributed by atoms with E-state index in [1.165, 1.54) is 6.92 Å². The monoisotopic (exact) mass is 210 g/mol. The molecule has 14 heavy (non-hydrogen) atoms. The van der Waals surface area contributed by atoms with E-state index in [0.717, 1.165) is 5.56 Å². The number of hydrogen-bond donors (Lipinski definition) is 0. The van der Waals surface area contributed by atoms with Crippen molar-refractivity contribution in [3.8, 4) is 0 Å². The molecule has 0 aliphatic rings. The second-order valence-electron chi connectivity index (χ2n) is 2.82. The van der Waals surface area contributed by atoms with Crippen LogP contribution in [-0.4, -0.2) is 5.97 Å². The molecule has 0 bridgehead atoms. The first kappa shape index (κ1) is 10.8. The molecule has 2 nitrogen and oxygen atoms in total. The summed E-state index contributed by atoms with van der Waals surface area (Å²) in [6, 6.07) is 7.10. The predicted octanol–water partition coefficient (Wildman–Crippen LogP) is 3.13. The van der Waals surface area contributed by atoms with Crippen LogP contribution in [0.15, 0.2) is 36.9 Å². The van der Waals surface area contributed by atoms with Gasteiger partial charge in [0, 0.05) is 11.9 Å². The minimum atomic E-state index is -0.398. The summed E-state index contributed by atoms with van der Waals surface area (Å²) in [5, 5.41) is 0.652. The largest absolute Gasteiger partial charge is 0.453 e. The summed E-state index contributed by atoms with van der Waals surface area (Å²) >= 11 is 5.73. The van der Waals surface area contributed by atoms with E-state index in [4.69, 9.17) is 16.3 Å². The summed E-state index contributed by atoms with van der Waals surface area (Å²) < 4.78 is 5.03. The number of benzene rings is 1. The van der Waals surface area contributed by atoms with Crippen LogP contribution in [-0.2, 0) is 9.53 Å². The van der Waals surface area contributed by atoms with Crippen LogP contribution in [0.4, 0.5) is 0 Å². The van der Waals surface area contributed by atoms with Crippen molar-refractivity contribution in [2.24, 2.45) is 0 Å². The van der Waals surface area contributed by atoms with E-state index >= 15 is 0 Å². The van der Waals surface area contributed by atoms with Gasteiger partial charge in [-0.2, -0.15) is 0 Å². The summed E-state index contributed by atoms with van der Waals surface area (Å²) in [7, 11) is 0. The SMILES string of the molecule is C=C[C@@H](OC(C)=O)c1ccc(Cl)cc1. The fourth-order valence-corrected chi connectivity index (χ4v) is 1.21. The Bertz CT molecular complexity index is 330. The highest BCUT2D eigenvalue weighted by molar-refractivity contribution is 6.30. The Morgan fingerprint density at radius 2 is 2.07 bits per heavy atom. The number of halogens is 1. The van der Waals surface area contributed by atoms with E-state index in [0.29, 0.717) is 5.02 Å². The molecular weight excluding hydrogens is 200 g/mol. The maximum absolute atomic E-state index is 10.8. The maximum Gasteiger partial charge on any atom is 0.303 e. The lowest BCUT2D eigenvalue weighted by molar-refractivity contribution is -0.144. The minimum absolute atomic E-state index is 0.329. The van der Waals surface area contributed by atoms with Crippen LogP contribution in [0, 0.1) is 0 Å². The highest BCUT2D eigenvalue weighted by atomic mass is 35.5. The maximum atomic E-state index is 10.8. The first-order chi connectivity index (χ1) is 6.63. The van der Waals surface area contributed by atoms with Gasteiger partial charge in [-0.25, -0.2) is 0 Å². The van der Waals surface area contributed by atoms with E-state index in [1.54, 1.807) is 30.3 Å². The number of carbonyl (C=O) groups is 1. The summed E-state index contributed by atoms with van der Waals surface area (Å²) in [5.74, 6) is -0.329. The zero-order valence-corrected chi connectivity index (χ0v) is 8.62. The molecule has 1 aromatic rings. The lowest BCUT2D eigenvalue weighted by Crippen LogP contribution is -2.05. The number of hydrogen-bond acceptors (Lipinski definition) is 2. The summed E-state index contributed by atoms with van der Waals surface area (Å²) in [6.07, 6.45) is 1.18. The van der Waals surface area contributed by atoms with Gasteiger partial charge >= 0.3 is 5.97 Å². The van der Waals surface area contributed by atoms with Crippen molar-refractivity contribution in [3.05, 3.63) is 47.5 Å². The van der Waals surface area contributed by atoms with Gasteiger partial charge in [0.25, 0.3) is 0 Å². The molecule has 1 atom stereocenters. The second-order valence-corrected chi connectivity index (χ2v) is 3.25. The Morgan fingerprint density at radius 1 is 1.50 bits per heavy atom. The summed E-state index contributed by atoms with van der Waals surface area (Å²) in [6.45, 7) is 4.97. The van der Waals surface area contributed by atoms with Crippen LogP contribution in [0.25, 0.3) is 0 Å². The topological polar surface area (TPSA) is 26.3 Å². The zero-order valence-electron chi connectivity index (χ0n) is 7.87. The molecule has 0 aliphatic heterocycles. The second kappa shape index (κ2) is 4.82. The van der Waals surface area contributed by atoms with Gasteiger partial charge in [0.2, 0.25) is 0 Å². The smallest absolute Gasteiger partial charge is 0.303 e. The van der Waals surface area contributed by atoms with Crippen LogP contribution in [0.3, 0.4) is 0 Å². The average Bonchev–Trinajstić information content (AvgIpc) is 2.15. The molecule has 1 rings (SSSR count). The van der Waals surface area contributed by atoms with Crippen LogP contribution in [0.1, 0.15) is 18.6 Å². The van der Waals surface area contributed by atoms with E-state index in [-0.39, 0.29) is 5.97 Å². The fraction of sp³-hybridized carbons (Fsp3) is 0.182. The Hall–Kier alpha value is -1.28. The molecule has 0 heterocycles. The van der Waals surface area contributed by atoms with Crippen LogP contribution in [0.5, 0.6) is 0 Å². The van der Waals surface area contributed by atoms with Gasteiger partial charge in [0.15, 0.2) is 0 Å².